The highest BCUT2D eigenvalue weighted by atomic mass is 16.1. The van der Waals surface area contributed by atoms with E-state index >= 15 is 0 Å². The molecule has 0 aliphatic heterocycles. The molecule has 1 atom stereocenters. The van der Waals surface area contributed by atoms with Crippen LogP contribution < -0.4 is 0 Å². The van der Waals surface area contributed by atoms with Gasteiger partial charge in [-0.3, -0.25) is 9.69 Å². The van der Waals surface area contributed by atoms with Gasteiger partial charge in [-0.15, -0.1) is 0 Å². The van der Waals surface area contributed by atoms with Crippen LogP contribution in [0.1, 0.15) is 49.5 Å². The lowest BCUT2D eigenvalue weighted by molar-refractivity contribution is 0.0710. The van der Waals surface area contributed by atoms with Crippen molar-refractivity contribution >= 4 is 5.78 Å². The summed E-state index contributed by atoms with van der Waals surface area (Å²) < 4.78 is 0. The van der Waals surface area contributed by atoms with Crippen molar-refractivity contribution in [1.82, 2.24) is 4.90 Å². The average molecular weight is 247 g/mol. The second-order valence-electron chi connectivity index (χ2n) is 5.30. The molecule has 1 unspecified atom stereocenters. The third-order valence-corrected chi connectivity index (χ3v) is 3.92. The maximum Gasteiger partial charge on any atom is 0.182 e. The second kappa shape index (κ2) is 6.14. The number of carbonyl (C=O) groups excluding carboxylic acids is 1. The zero-order chi connectivity index (χ0) is 13.8. The molecular formula is C16H25NO. The van der Waals surface area contributed by atoms with Gasteiger partial charge in [0.25, 0.3) is 0 Å². The molecule has 0 heterocycles. The fourth-order valence-corrected chi connectivity index (χ4v) is 2.10. The highest BCUT2D eigenvalue weighted by molar-refractivity contribution is 6.02. The van der Waals surface area contributed by atoms with E-state index in [0.29, 0.717) is 0 Å². The highest BCUT2D eigenvalue weighted by Gasteiger charge is 2.33. The number of carbonyl (C=O) groups is 1. The molecule has 0 spiro atoms. The van der Waals surface area contributed by atoms with Crippen LogP contribution in [0.2, 0.25) is 0 Å². The summed E-state index contributed by atoms with van der Waals surface area (Å²) in [5.41, 5.74) is 1.71. The molecule has 0 saturated carbocycles. The zero-order valence-corrected chi connectivity index (χ0v) is 12.3. The normalized spacial score (nSPS) is 14.6. The zero-order valence-electron chi connectivity index (χ0n) is 12.3. The molecule has 0 amide bonds. The smallest absolute Gasteiger partial charge is 0.182 e. The Labute approximate surface area is 111 Å². The van der Waals surface area contributed by atoms with Gasteiger partial charge in [0, 0.05) is 5.56 Å². The van der Waals surface area contributed by atoms with E-state index < -0.39 is 5.54 Å². The van der Waals surface area contributed by atoms with E-state index in [2.05, 4.69) is 26.0 Å². The molecule has 2 heteroatoms. The SMILES string of the molecule is CCCc1ccc(C(=O)C(C)(CC)N(C)C)cc1. The molecule has 1 rings (SSSR count). The van der Waals surface area contributed by atoms with Crippen molar-refractivity contribution in [3.8, 4) is 0 Å². The van der Waals surface area contributed by atoms with Crippen LogP contribution in [0.25, 0.3) is 0 Å². The van der Waals surface area contributed by atoms with E-state index in [4.69, 9.17) is 0 Å². The summed E-state index contributed by atoms with van der Waals surface area (Å²) >= 11 is 0. The Morgan fingerprint density at radius 2 is 1.72 bits per heavy atom. The van der Waals surface area contributed by atoms with Gasteiger partial charge in [0.2, 0.25) is 0 Å². The van der Waals surface area contributed by atoms with E-state index in [1.54, 1.807) is 0 Å². The van der Waals surface area contributed by atoms with Crippen LogP contribution >= 0.6 is 0 Å². The van der Waals surface area contributed by atoms with Crippen LogP contribution in [-0.2, 0) is 6.42 Å². The molecule has 0 aliphatic carbocycles. The monoisotopic (exact) mass is 247 g/mol. The predicted molar refractivity (Wildman–Crippen MR) is 77.2 cm³/mol. The number of ketones is 1. The molecule has 0 fully saturated rings. The van der Waals surface area contributed by atoms with E-state index in [1.165, 1.54) is 5.56 Å². The van der Waals surface area contributed by atoms with Crippen LogP contribution in [0.15, 0.2) is 24.3 Å². The first kappa shape index (κ1) is 14.9. The van der Waals surface area contributed by atoms with Gasteiger partial charge in [0.15, 0.2) is 5.78 Å². The Balaban J connectivity index is 2.96. The van der Waals surface area contributed by atoms with E-state index in [1.807, 2.05) is 38.1 Å². The number of benzene rings is 1. The summed E-state index contributed by atoms with van der Waals surface area (Å²) in [6.45, 7) is 6.23. The highest BCUT2D eigenvalue weighted by Crippen LogP contribution is 2.22. The molecular weight excluding hydrogens is 222 g/mol. The number of aryl methyl sites for hydroxylation is 1. The minimum atomic E-state index is -0.410. The Bertz CT molecular complexity index is 394. The lowest BCUT2D eigenvalue weighted by Crippen LogP contribution is -2.48. The molecule has 0 aromatic heterocycles. The molecule has 0 bridgehead atoms. The molecule has 0 aliphatic rings. The van der Waals surface area contributed by atoms with Gasteiger partial charge in [-0.1, -0.05) is 44.5 Å². The van der Waals surface area contributed by atoms with Gasteiger partial charge >= 0.3 is 0 Å². The fourth-order valence-electron chi connectivity index (χ4n) is 2.10. The average Bonchev–Trinajstić information content (AvgIpc) is 2.38. The third-order valence-electron chi connectivity index (χ3n) is 3.92. The molecule has 0 radical (unpaired) electrons. The Morgan fingerprint density at radius 3 is 2.11 bits per heavy atom. The largest absolute Gasteiger partial charge is 0.297 e. The van der Waals surface area contributed by atoms with Gasteiger partial charge < -0.3 is 0 Å². The van der Waals surface area contributed by atoms with Crippen LogP contribution in [0, 0.1) is 0 Å². The van der Waals surface area contributed by atoms with Crippen LogP contribution in [0.4, 0.5) is 0 Å². The number of hydrogen-bond acceptors (Lipinski definition) is 2. The maximum absolute atomic E-state index is 12.6. The number of nitrogens with zero attached hydrogens (tertiary/aromatic N) is 1. The summed E-state index contributed by atoms with van der Waals surface area (Å²) in [6, 6.07) is 8.07. The van der Waals surface area contributed by atoms with Crippen molar-refractivity contribution in [2.45, 2.75) is 45.6 Å². The van der Waals surface area contributed by atoms with Crippen molar-refractivity contribution in [3.63, 3.8) is 0 Å². The number of likely N-dealkylation sites (N-methyl/N-ethyl adjacent to an activating group) is 1. The molecule has 18 heavy (non-hydrogen) atoms. The van der Waals surface area contributed by atoms with Crippen molar-refractivity contribution in [1.29, 1.82) is 0 Å². The van der Waals surface area contributed by atoms with Gasteiger partial charge in [0.05, 0.1) is 5.54 Å². The lowest BCUT2D eigenvalue weighted by atomic mass is 9.87. The first-order chi connectivity index (χ1) is 8.45. The van der Waals surface area contributed by atoms with E-state index in [9.17, 15) is 4.79 Å². The first-order valence-electron chi connectivity index (χ1n) is 6.76. The fraction of sp³-hybridized carbons (Fsp3) is 0.562. The topological polar surface area (TPSA) is 20.3 Å². The molecule has 1 aromatic rings. The van der Waals surface area contributed by atoms with Gasteiger partial charge in [0.1, 0.15) is 0 Å². The first-order valence-corrected chi connectivity index (χ1v) is 6.76. The molecule has 0 saturated heterocycles. The Hall–Kier alpha value is -1.15. The van der Waals surface area contributed by atoms with Crippen molar-refractivity contribution in [2.75, 3.05) is 14.1 Å². The van der Waals surface area contributed by atoms with Gasteiger partial charge in [-0.25, -0.2) is 0 Å². The van der Waals surface area contributed by atoms with E-state index in [0.717, 1.165) is 24.8 Å². The number of Topliss-reactive ketones (excluding diaryl/α,β-unsaturated/α-hetero) is 1. The predicted octanol–water partition coefficient (Wildman–Crippen LogP) is 3.55. The van der Waals surface area contributed by atoms with E-state index in [-0.39, 0.29) is 5.78 Å². The van der Waals surface area contributed by atoms with Crippen molar-refractivity contribution < 1.29 is 4.79 Å². The minimum absolute atomic E-state index is 0.207. The number of rotatable bonds is 6. The van der Waals surface area contributed by atoms with Crippen LogP contribution in [-0.4, -0.2) is 30.3 Å². The summed E-state index contributed by atoms with van der Waals surface area (Å²) in [5, 5.41) is 0. The standard InChI is InChI=1S/C16H25NO/c1-6-8-13-9-11-14(12-10-13)15(18)16(3,7-2)17(4)5/h9-12H,6-8H2,1-5H3. The quantitative estimate of drug-likeness (QED) is 0.716. The summed E-state index contributed by atoms with van der Waals surface area (Å²) in [6.07, 6.45) is 3.03. The van der Waals surface area contributed by atoms with Crippen molar-refractivity contribution in [3.05, 3.63) is 35.4 Å². The Morgan fingerprint density at radius 1 is 1.17 bits per heavy atom. The Kier molecular flexibility index (Phi) is 5.09. The number of hydrogen-bond donors (Lipinski definition) is 0. The maximum atomic E-state index is 12.6. The molecule has 2 nitrogen and oxygen atoms in total. The minimum Gasteiger partial charge on any atom is -0.297 e. The lowest BCUT2D eigenvalue weighted by Gasteiger charge is -2.34. The van der Waals surface area contributed by atoms with Crippen LogP contribution in [0.5, 0.6) is 0 Å². The summed E-state index contributed by atoms with van der Waals surface area (Å²) in [4.78, 5) is 14.6. The van der Waals surface area contributed by atoms with Crippen molar-refractivity contribution in [2.24, 2.45) is 0 Å². The summed E-state index contributed by atoms with van der Waals surface area (Å²) in [7, 11) is 3.93. The third kappa shape index (κ3) is 2.99. The molecule has 1 aromatic carbocycles. The van der Waals surface area contributed by atoms with Crippen LogP contribution in [0.3, 0.4) is 0 Å². The molecule has 100 valence electrons. The van der Waals surface area contributed by atoms with Gasteiger partial charge in [-0.2, -0.15) is 0 Å². The second-order valence-corrected chi connectivity index (χ2v) is 5.30. The molecule has 0 N–H and O–H groups in total. The summed E-state index contributed by atoms with van der Waals surface area (Å²) in [5.74, 6) is 0.207. The van der Waals surface area contributed by atoms with Gasteiger partial charge in [-0.05, 0) is 39.4 Å².